The van der Waals surface area contributed by atoms with Gasteiger partial charge in [-0.15, -0.1) is 0 Å². The summed E-state index contributed by atoms with van der Waals surface area (Å²) in [6.07, 6.45) is 0.513. The maximum absolute atomic E-state index is 13.6. The van der Waals surface area contributed by atoms with Gasteiger partial charge in [0.1, 0.15) is 5.82 Å². The van der Waals surface area contributed by atoms with Crippen LogP contribution in [0.25, 0.3) is 10.9 Å². The Bertz CT molecular complexity index is 633. The van der Waals surface area contributed by atoms with E-state index in [4.69, 9.17) is 5.73 Å². The number of halogens is 1. The van der Waals surface area contributed by atoms with Gasteiger partial charge in [-0.2, -0.15) is 0 Å². The minimum absolute atomic E-state index is 0.104. The maximum atomic E-state index is 13.6. The van der Waals surface area contributed by atoms with Gasteiger partial charge in [-0.3, -0.25) is 4.79 Å². The van der Waals surface area contributed by atoms with Gasteiger partial charge in [0.2, 0.25) is 0 Å². The number of aromatic nitrogens is 1. The van der Waals surface area contributed by atoms with Crippen LogP contribution < -0.4 is 11.3 Å². The van der Waals surface area contributed by atoms with E-state index in [1.807, 2.05) is 0 Å². The van der Waals surface area contributed by atoms with Crippen molar-refractivity contribution in [2.45, 2.75) is 12.5 Å². The summed E-state index contributed by atoms with van der Waals surface area (Å²) in [7, 11) is 0. The Hall–Kier alpha value is -1.68. The Morgan fingerprint density at radius 2 is 2.12 bits per heavy atom. The van der Waals surface area contributed by atoms with Crippen molar-refractivity contribution >= 4 is 10.9 Å². The van der Waals surface area contributed by atoms with E-state index in [0.29, 0.717) is 24.0 Å². The summed E-state index contributed by atoms with van der Waals surface area (Å²) >= 11 is 0. The van der Waals surface area contributed by atoms with E-state index in [0.717, 1.165) is 5.39 Å². The molecule has 0 saturated carbocycles. The zero-order chi connectivity index (χ0) is 11.3. The molecule has 3 nitrogen and oxygen atoms in total. The first-order chi connectivity index (χ1) is 7.72. The summed E-state index contributed by atoms with van der Waals surface area (Å²) in [5.41, 5.74) is 6.85. The Morgan fingerprint density at radius 3 is 2.88 bits per heavy atom. The Kier molecular flexibility index (Phi) is 1.88. The fraction of sp³-hybridized carbons (Fsp3) is 0.250. The summed E-state index contributed by atoms with van der Waals surface area (Å²) < 4.78 is 15.3. The zero-order valence-corrected chi connectivity index (χ0v) is 8.61. The third-order valence-corrected chi connectivity index (χ3v) is 3.22. The van der Waals surface area contributed by atoms with E-state index < -0.39 is 0 Å². The molecule has 1 atom stereocenters. The van der Waals surface area contributed by atoms with Gasteiger partial charge in [-0.1, -0.05) is 0 Å². The highest BCUT2D eigenvalue weighted by Gasteiger charge is 2.26. The van der Waals surface area contributed by atoms with Crippen molar-refractivity contribution in [2.75, 3.05) is 6.54 Å². The lowest BCUT2D eigenvalue weighted by molar-refractivity contribution is 0.528. The van der Waals surface area contributed by atoms with E-state index >= 15 is 0 Å². The van der Waals surface area contributed by atoms with Crippen molar-refractivity contribution in [1.82, 2.24) is 4.57 Å². The van der Waals surface area contributed by atoms with Gasteiger partial charge in [0, 0.05) is 18.2 Å². The van der Waals surface area contributed by atoms with Gasteiger partial charge in [0.25, 0.3) is 5.56 Å². The number of benzene rings is 1. The highest BCUT2D eigenvalue weighted by atomic mass is 19.1. The quantitative estimate of drug-likeness (QED) is 0.781. The van der Waals surface area contributed by atoms with Crippen LogP contribution in [0.5, 0.6) is 0 Å². The van der Waals surface area contributed by atoms with E-state index in [1.54, 1.807) is 16.7 Å². The van der Waals surface area contributed by atoms with Crippen LogP contribution in [0.3, 0.4) is 0 Å². The molecule has 0 spiro atoms. The topological polar surface area (TPSA) is 48.0 Å². The molecular formula is C12H11FN2O. The largest absolute Gasteiger partial charge is 0.328 e. The molecule has 1 aliphatic heterocycles. The van der Waals surface area contributed by atoms with E-state index in [2.05, 4.69) is 0 Å². The molecule has 2 N–H and O–H groups in total. The summed E-state index contributed by atoms with van der Waals surface area (Å²) in [6, 6.07) is 6.28. The molecule has 2 heterocycles. The molecule has 0 amide bonds. The minimum Gasteiger partial charge on any atom is -0.328 e. The molecule has 82 valence electrons. The van der Waals surface area contributed by atoms with Crippen LogP contribution >= 0.6 is 0 Å². The SMILES string of the molecule is NC[C@H]1Cc2c(F)ccc3ccc(=O)n1c23. The van der Waals surface area contributed by atoms with Crippen LogP contribution in [0.4, 0.5) is 4.39 Å². The van der Waals surface area contributed by atoms with Crippen LogP contribution in [0.2, 0.25) is 0 Å². The minimum atomic E-state index is -0.247. The van der Waals surface area contributed by atoms with Crippen LogP contribution in [0, 0.1) is 5.82 Å². The van der Waals surface area contributed by atoms with E-state index in [1.165, 1.54) is 12.1 Å². The van der Waals surface area contributed by atoms with Crippen LogP contribution in [0.15, 0.2) is 29.1 Å². The summed E-state index contributed by atoms with van der Waals surface area (Å²) in [5.74, 6) is -0.247. The second kappa shape index (κ2) is 3.15. The monoisotopic (exact) mass is 218 g/mol. The number of rotatable bonds is 1. The highest BCUT2D eigenvalue weighted by Crippen LogP contribution is 2.31. The number of nitrogens with two attached hydrogens (primary N) is 1. The molecule has 1 aliphatic rings. The first-order valence-electron chi connectivity index (χ1n) is 5.25. The highest BCUT2D eigenvalue weighted by molar-refractivity contribution is 5.84. The first kappa shape index (κ1) is 9.54. The third kappa shape index (κ3) is 1.08. The lowest BCUT2D eigenvalue weighted by Gasteiger charge is -2.10. The molecule has 0 bridgehead atoms. The third-order valence-electron chi connectivity index (χ3n) is 3.22. The van der Waals surface area contributed by atoms with Gasteiger partial charge in [0.15, 0.2) is 0 Å². The molecule has 0 fully saturated rings. The number of hydrogen-bond acceptors (Lipinski definition) is 2. The Balaban J connectivity index is 2.49. The van der Waals surface area contributed by atoms with Crippen LogP contribution in [0.1, 0.15) is 11.6 Å². The molecule has 1 aromatic heterocycles. The predicted octanol–water partition coefficient (Wildman–Crippen LogP) is 1.20. The standard InChI is InChI=1S/C12H11FN2O/c13-10-3-1-7-2-4-11(16)15-8(6-14)5-9(10)12(7)15/h1-4,8H,5-6,14H2/t8-/m1/s1. The average molecular weight is 218 g/mol. The summed E-state index contributed by atoms with van der Waals surface area (Å²) in [6.45, 7) is 0.354. The molecule has 4 heteroatoms. The fourth-order valence-electron chi connectivity index (χ4n) is 2.47. The second-order valence-corrected chi connectivity index (χ2v) is 4.10. The predicted molar refractivity (Wildman–Crippen MR) is 60.0 cm³/mol. The van der Waals surface area contributed by atoms with Gasteiger partial charge < -0.3 is 10.3 Å². The summed E-state index contributed by atoms with van der Waals surface area (Å²) in [5, 5.41) is 0.895. The molecule has 3 rings (SSSR count). The van der Waals surface area contributed by atoms with Crippen molar-refractivity contribution < 1.29 is 4.39 Å². The average Bonchev–Trinajstić information content (AvgIpc) is 2.68. The fourth-order valence-corrected chi connectivity index (χ4v) is 2.47. The maximum Gasteiger partial charge on any atom is 0.251 e. The van der Waals surface area contributed by atoms with Crippen molar-refractivity contribution in [3.8, 4) is 0 Å². The van der Waals surface area contributed by atoms with Crippen LogP contribution in [-0.4, -0.2) is 11.1 Å². The number of hydrogen-bond donors (Lipinski definition) is 1. The lowest BCUT2D eigenvalue weighted by Crippen LogP contribution is -2.26. The number of nitrogens with zero attached hydrogens (tertiary/aromatic N) is 1. The smallest absolute Gasteiger partial charge is 0.251 e. The Morgan fingerprint density at radius 1 is 1.38 bits per heavy atom. The van der Waals surface area contributed by atoms with Crippen molar-refractivity contribution in [1.29, 1.82) is 0 Å². The normalized spacial score (nSPS) is 18.2. The van der Waals surface area contributed by atoms with Gasteiger partial charge in [-0.05, 0) is 30.0 Å². The van der Waals surface area contributed by atoms with Gasteiger partial charge >= 0.3 is 0 Å². The number of pyridine rings is 1. The molecule has 16 heavy (non-hydrogen) atoms. The van der Waals surface area contributed by atoms with Gasteiger partial charge in [-0.25, -0.2) is 4.39 Å². The second-order valence-electron chi connectivity index (χ2n) is 4.10. The molecule has 0 aliphatic carbocycles. The Labute approximate surface area is 91.3 Å². The molecule has 1 aromatic carbocycles. The lowest BCUT2D eigenvalue weighted by atomic mass is 10.1. The van der Waals surface area contributed by atoms with Crippen molar-refractivity contribution in [2.24, 2.45) is 5.73 Å². The zero-order valence-electron chi connectivity index (χ0n) is 8.61. The molecule has 0 saturated heterocycles. The molecular weight excluding hydrogens is 207 g/mol. The molecule has 0 radical (unpaired) electrons. The summed E-state index contributed by atoms with van der Waals surface area (Å²) in [4.78, 5) is 11.8. The van der Waals surface area contributed by atoms with Crippen LogP contribution in [-0.2, 0) is 6.42 Å². The van der Waals surface area contributed by atoms with E-state index in [9.17, 15) is 9.18 Å². The van der Waals surface area contributed by atoms with Crippen molar-refractivity contribution in [3.63, 3.8) is 0 Å². The first-order valence-corrected chi connectivity index (χ1v) is 5.25. The van der Waals surface area contributed by atoms with Gasteiger partial charge in [0.05, 0.1) is 11.6 Å². The molecule has 2 aromatic rings. The molecule has 0 unspecified atom stereocenters. The van der Waals surface area contributed by atoms with E-state index in [-0.39, 0.29) is 17.4 Å². The van der Waals surface area contributed by atoms with Crippen molar-refractivity contribution in [3.05, 3.63) is 46.0 Å².